The number of nitrogens with zero attached hydrogens (tertiary/aromatic N) is 1. The number of rotatable bonds is 3. The number of aromatic nitrogens is 1. The lowest BCUT2D eigenvalue weighted by Gasteiger charge is -2.44. The number of aryl methyl sites for hydroxylation is 2. The zero-order valence-corrected chi connectivity index (χ0v) is 17.3. The number of nitrogens with two attached hydrogens (primary N) is 1. The Balaban J connectivity index is 1.72. The van der Waals surface area contributed by atoms with Crippen molar-refractivity contribution >= 4 is 22.3 Å². The molecule has 0 saturated heterocycles. The maximum Gasteiger partial charge on any atom is 0.194 e. The molecule has 1 fully saturated rings. The average Bonchev–Trinajstić information content (AvgIpc) is 2.87. The van der Waals surface area contributed by atoms with Gasteiger partial charge in [0.1, 0.15) is 5.69 Å². The molecule has 0 atom stereocenters. The summed E-state index contributed by atoms with van der Waals surface area (Å²) in [6.07, 6.45) is 5.92. The van der Waals surface area contributed by atoms with Crippen molar-refractivity contribution < 1.29 is 9.13 Å². The fourth-order valence-corrected chi connectivity index (χ4v) is 4.79. The van der Waals surface area contributed by atoms with E-state index in [4.69, 9.17) is 10.5 Å². The third kappa shape index (κ3) is 2.70. The second-order valence-electron chi connectivity index (χ2n) is 8.68. The molecule has 1 saturated carbocycles. The standard InChI is InChI=1S/C24H26FN3O2/c1-14-4-6-16(7-5-14)12-27-20-18(25)19(26)17-21-23(20)30-11-10-24(8-3-9-24)28(21)13-15(2)22(17)29/h4-7,13,27H,3,8-12,26H2,1-2H3. The summed E-state index contributed by atoms with van der Waals surface area (Å²) in [4.78, 5) is 13.0. The molecule has 0 amide bonds. The van der Waals surface area contributed by atoms with Gasteiger partial charge in [0.15, 0.2) is 17.0 Å². The van der Waals surface area contributed by atoms with Crippen LogP contribution in [-0.2, 0) is 12.1 Å². The molecule has 6 heteroatoms. The van der Waals surface area contributed by atoms with Gasteiger partial charge in [-0.25, -0.2) is 4.39 Å². The number of halogens is 1. The first-order valence-corrected chi connectivity index (χ1v) is 10.5. The molecule has 2 aromatic carbocycles. The van der Waals surface area contributed by atoms with Crippen molar-refractivity contribution in [2.45, 2.75) is 51.6 Å². The summed E-state index contributed by atoms with van der Waals surface area (Å²) in [6, 6.07) is 8.06. The number of nitrogen functional groups attached to an aromatic ring is 1. The van der Waals surface area contributed by atoms with Crippen molar-refractivity contribution in [2.24, 2.45) is 0 Å². The number of nitrogens with one attached hydrogen (secondary N) is 1. The molecule has 0 radical (unpaired) electrons. The summed E-state index contributed by atoms with van der Waals surface area (Å²) in [5, 5.41) is 3.43. The van der Waals surface area contributed by atoms with Crippen LogP contribution in [0.15, 0.2) is 35.3 Å². The molecule has 5 nitrogen and oxygen atoms in total. The van der Waals surface area contributed by atoms with E-state index in [1.165, 1.54) is 5.56 Å². The van der Waals surface area contributed by atoms with Gasteiger partial charge in [0.25, 0.3) is 0 Å². The quantitative estimate of drug-likeness (QED) is 0.622. The van der Waals surface area contributed by atoms with Gasteiger partial charge in [0, 0.05) is 30.3 Å². The van der Waals surface area contributed by atoms with E-state index < -0.39 is 5.82 Å². The zero-order chi connectivity index (χ0) is 21.0. The molecule has 0 bridgehead atoms. The molecule has 2 heterocycles. The molecule has 0 unspecified atom stereocenters. The highest BCUT2D eigenvalue weighted by molar-refractivity contribution is 6.00. The van der Waals surface area contributed by atoms with Crippen LogP contribution in [0.25, 0.3) is 10.9 Å². The van der Waals surface area contributed by atoms with Crippen LogP contribution >= 0.6 is 0 Å². The van der Waals surface area contributed by atoms with E-state index >= 15 is 4.39 Å². The first-order chi connectivity index (χ1) is 14.4. The van der Waals surface area contributed by atoms with Crippen LogP contribution in [0.2, 0.25) is 0 Å². The van der Waals surface area contributed by atoms with Gasteiger partial charge < -0.3 is 20.4 Å². The molecule has 1 aliphatic heterocycles. The highest BCUT2D eigenvalue weighted by Gasteiger charge is 2.42. The summed E-state index contributed by atoms with van der Waals surface area (Å²) < 4.78 is 23.7. The van der Waals surface area contributed by atoms with Crippen molar-refractivity contribution in [1.82, 2.24) is 4.57 Å². The van der Waals surface area contributed by atoms with E-state index in [1.54, 1.807) is 6.92 Å². The van der Waals surface area contributed by atoms with Gasteiger partial charge in [0.2, 0.25) is 0 Å². The van der Waals surface area contributed by atoms with Crippen LogP contribution in [0.1, 0.15) is 42.4 Å². The number of anilines is 2. The Morgan fingerprint density at radius 3 is 2.60 bits per heavy atom. The molecule has 30 heavy (non-hydrogen) atoms. The van der Waals surface area contributed by atoms with E-state index in [-0.39, 0.29) is 27.7 Å². The third-order valence-electron chi connectivity index (χ3n) is 6.75. The highest BCUT2D eigenvalue weighted by atomic mass is 19.1. The predicted molar refractivity (Wildman–Crippen MR) is 118 cm³/mol. The Morgan fingerprint density at radius 2 is 1.93 bits per heavy atom. The second-order valence-corrected chi connectivity index (χ2v) is 8.68. The van der Waals surface area contributed by atoms with Gasteiger partial charge in [-0.15, -0.1) is 0 Å². The van der Waals surface area contributed by atoms with Crippen molar-refractivity contribution in [3.63, 3.8) is 0 Å². The smallest absolute Gasteiger partial charge is 0.194 e. The Hall–Kier alpha value is -3.02. The van der Waals surface area contributed by atoms with Gasteiger partial charge >= 0.3 is 0 Å². The van der Waals surface area contributed by atoms with Crippen LogP contribution < -0.4 is 21.2 Å². The topological polar surface area (TPSA) is 69.3 Å². The lowest BCUT2D eigenvalue weighted by atomic mass is 9.74. The molecule has 156 valence electrons. The second kappa shape index (κ2) is 6.76. The largest absolute Gasteiger partial charge is 0.489 e. The minimum Gasteiger partial charge on any atom is -0.489 e. The first-order valence-electron chi connectivity index (χ1n) is 10.5. The van der Waals surface area contributed by atoms with Gasteiger partial charge in [-0.05, 0) is 38.7 Å². The first kappa shape index (κ1) is 19.0. The van der Waals surface area contributed by atoms with Gasteiger partial charge in [-0.2, -0.15) is 0 Å². The average molecular weight is 407 g/mol. The zero-order valence-electron chi connectivity index (χ0n) is 17.3. The maximum absolute atomic E-state index is 15.4. The number of hydrogen-bond donors (Lipinski definition) is 2. The van der Waals surface area contributed by atoms with E-state index in [9.17, 15) is 4.79 Å². The molecule has 1 aromatic heterocycles. The normalized spacial score (nSPS) is 16.8. The Morgan fingerprint density at radius 1 is 1.20 bits per heavy atom. The van der Waals surface area contributed by atoms with Gasteiger partial charge in [-0.3, -0.25) is 4.79 Å². The fourth-order valence-electron chi connectivity index (χ4n) is 4.79. The summed E-state index contributed by atoms with van der Waals surface area (Å²) in [5.41, 5.74) is 9.40. The van der Waals surface area contributed by atoms with Crippen molar-refractivity contribution in [3.8, 4) is 5.75 Å². The summed E-state index contributed by atoms with van der Waals surface area (Å²) in [6.45, 7) is 4.70. The molecule has 3 aromatic rings. The van der Waals surface area contributed by atoms with Crippen LogP contribution in [0.4, 0.5) is 15.8 Å². The lowest BCUT2D eigenvalue weighted by Crippen LogP contribution is -2.41. The number of hydrogen-bond acceptors (Lipinski definition) is 4. The van der Waals surface area contributed by atoms with Crippen LogP contribution in [0, 0.1) is 19.7 Å². The van der Waals surface area contributed by atoms with Crippen LogP contribution in [0.5, 0.6) is 5.75 Å². The third-order valence-corrected chi connectivity index (χ3v) is 6.75. The monoisotopic (exact) mass is 407 g/mol. The van der Waals surface area contributed by atoms with E-state index in [1.807, 2.05) is 37.4 Å². The minimum absolute atomic E-state index is 0.0829. The number of ether oxygens (including phenoxy) is 1. The van der Waals surface area contributed by atoms with Gasteiger partial charge in [0.05, 0.1) is 23.2 Å². The van der Waals surface area contributed by atoms with E-state index in [0.717, 1.165) is 31.2 Å². The van der Waals surface area contributed by atoms with Crippen molar-refractivity contribution in [3.05, 3.63) is 63.2 Å². The number of fused-ring (bicyclic) bond motifs is 1. The Kier molecular flexibility index (Phi) is 4.27. The molecular weight excluding hydrogens is 381 g/mol. The van der Waals surface area contributed by atoms with E-state index in [0.29, 0.717) is 30.0 Å². The summed E-state index contributed by atoms with van der Waals surface area (Å²) >= 11 is 0. The fraction of sp³-hybridized carbons (Fsp3) is 0.375. The van der Waals surface area contributed by atoms with Crippen molar-refractivity contribution in [2.75, 3.05) is 17.7 Å². The molecule has 1 aliphatic carbocycles. The molecule has 3 N–H and O–H groups in total. The SMILES string of the molecule is Cc1ccc(CNc2c(F)c(N)c3c(=O)c(C)cn4c3c2OCCC42CCC2)cc1. The number of benzene rings is 2. The Labute approximate surface area is 174 Å². The lowest BCUT2D eigenvalue weighted by molar-refractivity contribution is 0.117. The Bertz CT molecular complexity index is 1210. The molecule has 5 rings (SSSR count). The van der Waals surface area contributed by atoms with Crippen LogP contribution in [-0.4, -0.2) is 11.2 Å². The highest BCUT2D eigenvalue weighted by Crippen LogP contribution is 2.49. The maximum atomic E-state index is 15.4. The van der Waals surface area contributed by atoms with Gasteiger partial charge in [-0.1, -0.05) is 29.8 Å². The molecule has 1 spiro atoms. The van der Waals surface area contributed by atoms with Crippen LogP contribution in [0.3, 0.4) is 0 Å². The molecule has 2 aliphatic rings. The van der Waals surface area contributed by atoms with E-state index in [2.05, 4.69) is 9.88 Å². The summed E-state index contributed by atoms with van der Waals surface area (Å²) in [5.74, 6) is -0.229. The number of pyridine rings is 1. The summed E-state index contributed by atoms with van der Waals surface area (Å²) in [7, 11) is 0. The predicted octanol–water partition coefficient (Wildman–Crippen LogP) is 4.61. The minimum atomic E-state index is -0.622. The molecular formula is C24H26FN3O2. The van der Waals surface area contributed by atoms with Crippen molar-refractivity contribution in [1.29, 1.82) is 0 Å².